The first-order valence-corrected chi connectivity index (χ1v) is 19.6. The number of amides is 1. The number of carbonyl (C=O) groups is 1. The van der Waals surface area contributed by atoms with Gasteiger partial charge in [-0.25, -0.2) is 19.2 Å². The second kappa shape index (κ2) is 15.6. The Balaban J connectivity index is 1.44. The van der Waals surface area contributed by atoms with E-state index in [2.05, 4.69) is 25.9 Å². The standard InChI is InChI=1S/C43H40Cl2FN7O4/c1-43(2,55)34-13-12-25(21-50-34)39-30-20-33(32-19-27(23-52(32)42(54)56-3)57-35-11-4-5-16-49-35)53(26-14-17-48-22-26)41(30)29-18-24(8-7-15-47)36(38(46)40(29)51-39)28-9-6-10-31(44)37(28)45/h4-6,9-13,16,18,20-21,26-27,32,48,55H,7-8,14,17,19,22-23H2,1-3H3/t26-,27-,32+/m0/s1. The van der Waals surface area contributed by atoms with Gasteiger partial charge in [0.25, 0.3) is 0 Å². The van der Waals surface area contributed by atoms with Crippen LogP contribution >= 0.6 is 23.2 Å². The van der Waals surface area contributed by atoms with Crippen molar-refractivity contribution in [1.29, 1.82) is 5.26 Å². The molecule has 0 saturated carbocycles. The highest BCUT2D eigenvalue weighted by Crippen LogP contribution is 2.46. The van der Waals surface area contributed by atoms with Gasteiger partial charge >= 0.3 is 6.09 Å². The Bertz CT molecular complexity index is 2530. The summed E-state index contributed by atoms with van der Waals surface area (Å²) >= 11 is 13.2. The maximum atomic E-state index is 17.7. The summed E-state index contributed by atoms with van der Waals surface area (Å²) in [6.07, 6.45) is 3.98. The summed E-state index contributed by atoms with van der Waals surface area (Å²) in [5.74, 6) is -0.155. The van der Waals surface area contributed by atoms with Crippen molar-refractivity contribution in [3.63, 3.8) is 0 Å². The fraction of sp³-hybridized carbons (Fsp3) is 0.326. The van der Waals surface area contributed by atoms with Crippen LogP contribution in [0.1, 0.15) is 62.1 Å². The van der Waals surface area contributed by atoms with Crippen LogP contribution in [0.2, 0.25) is 10.0 Å². The van der Waals surface area contributed by atoms with E-state index >= 15 is 4.39 Å². The number of aryl methyl sites for hydroxylation is 1. The normalized spacial score (nSPS) is 18.4. The summed E-state index contributed by atoms with van der Waals surface area (Å²) in [5, 5.41) is 25.6. The number of carbonyl (C=O) groups excluding carboxylic acids is 1. The molecular weight excluding hydrogens is 768 g/mol. The van der Waals surface area contributed by atoms with Crippen LogP contribution in [0.4, 0.5) is 9.18 Å². The largest absolute Gasteiger partial charge is 0.472 e. The highest BCUT2D eigenvalue weighted by molar-refractivity contribution is 6.43. The number of fused-ring (bicyclic) bond motifs is 3. The predicted octanol–water partition coefficient (Wildman–Crippen LogP) is 8.94. The van der Waals surface area contributed by atoms with E-state index in [1.54, 1.807) is 61.5 Å². The summed E-state index contributed by atoms with van der Waals surface area (Å²) in [6.45, 7) is 4.97. The summed E-state index contributed by atoms with van der Waals surface area (Å²) in [5.41, 5.74) is 3.17. The number of hydrogen-bond acceptors (Lipinski definition) is 9. The Hall–Kier alpha value is -5.32. The lowest BCUT2D eigenvalue weighted by Crippen LogP contribution is -2.33. The second-order valence-electron chi connectivity index (χ2n) is 15.0. The van der Waals surface area contributed by atoms with Gasteiger partial charge in [0.15, 0.2) is 5.82 Å². The molecule has 8 rings (SSSR count). The van der Waals surface area contributed by atoms with Crippen LogP contribution in [0.3, 0.4) is 0 Å². The zero-order valence-electron chi connectivity index (χ0n) is 31.6. The quantitative estimate of drug-likeness (QED) is 0.147. The molecule has 6 aromatic rings. The minimum atomic E-state index is -1.19. The predicted molar refractivity (Wildman–Crippen MR) is 217 cm³/mol. The first-order valence-electron chi connectivity index (χ1n) is 18.8. The Labute approximate surface area is 339 Å². The van der Waals surface area contributed by atoms with E-state index in [1.807, 2.05) is 30.3 Å². The zero-order chi connectivity index (χ0) is 40.0. The van der Waals surface area contributed by atoms with E-state index in [9.17, 15) is 15.2 Å². The van der Waals surface area contributed by atoms with E-state index in [1.165, 1.54) is 7.11 Å². The van der Waals surface area contributed by atoms with Crippen LogP contribution in [0, 0.1) is 17.1 Å². The Kier molecular flexibility index (Phi) is 10.5. The molecule has 2 N–H and O–H groups in total. The van der Waals surface area contributed by atoms with Gasteiger partial charge in [0.2, 0.25) is 5.88 Å². The van der Waals surface area contributed by atoms with Crippen molar-refractivity contribution in [2.75, 3.05) is 26.7 Å². The Morgan fingerprint density at radius 3 is 2.65 bits per heavy atom. The molecule has 2 saturated heterocycles. The minimum absolute atomic E-state index is 0.0745. The molecule has 0 bridgehead atoms. The number of nitrogens with zero attached hydrogens (tertiary/aromatic N) is 6. The summed E-state index contributed by atoms with van der Waals surface area (Å²) in [7, 11) is 1.36. The third-order valence-electron chi connectivity index (χ3n) is 10.9. The molecular formula is C43H40Cl2FN7O4. The van der Waals surface area contributed by atoms with Gasteiger partial charge in [0.05, 0.1) is 52.7 Å². The second-order valence-corrected chi connectivity index (χ2v) is 15.7. The average molecular weight is 809 g/mol. The fourth-order valence-corrected chi connectivity index (χ4v) is 8.62. The van der Waals surface area contributed by atoms with Gasteiger partial charge in [-0.15, -0.1) is 0 Å². The van der Waals surface area contributed by atoms with Crippen LogP contribution in [0.5, 0.6) is 5.88 Å². The summed E-state index contributed by atoms with van der Waals surface area (Å²) in [4.78, 5) is 29.3. The van der Waals surface area contributed by atoms with Crippen LogP contribution in [-0.4, -0.2) is 68.5 Å². The summed E-state index contributed by atoms with van der Waals surface area (Å²) < 4.78 is 31.5. The van der Waals surface area contributed by atoms with Crippen LogP contribution in [-0.2, 0) is 16.8 Å². The molecule has 11 nitrogen and oxygen atoms in total. The van der Waals surface area contributed by atoms with Crippen molar-refractivity contribution in [2.45, 2.75) is 63.3 Å². The van der Waals surface area contributed by atoms with E-state index in [0.29, 0.717) is 52.3 Å². The maximum Gasteiger partial charge on any atom is 0.410 e. The maximum absolute atomic E-state index is 17.7. The molecule has 14 heteroatoms. The van der Waals surface area contributed by atoms with E-state index in [0.717, 1.165) is 29.6 Å². The lowest BCUT2D eigenvalue weighted by atomic mass is 9.92. The minimum Gasteiger partial charge on any atom is -0.472 e. The van der Waals surface area contributed by atoms with Gasteiger partial charge in [-0.3, -0.25) is 9.88 Å². The number of aromatic nitrogens is 4. The van der Waals surface area contributed by atoms with Gasteiger partial charge in [0, 0.05) is 77.0 Å². The molecule has 292 valence electrons. The Morgan fingerprint density at radius 2 is 1.96 bits per heavy atom. The Morgan fingerprint density at radius 1 is 1.12 bits per heavy atom. The monoisotopic (exact) mass is 807 g/mol. The van der Waals surface area contributed by atoms with Gasteiger partial charge in [-0.2, -0.15) is 5.26 Å². The molecule has 2 aliphatic rings. The molecule has 2 aliphatic heterocycles. The third-order valence-corrected chi connectivity index (χ3v) is 11.7. The molecule has 0 radical (unpaired) electrons. The molecule has 3 atom stereocenters. The van der Waals surface area contributed by atoms with Crippen molar-refractivity contribution in [2.24, 2.45) is 0 Å². The van der Waals surface area contributed by atoms with Crippen molar-refractivity contribution in [3.05, 3.63) is 106 Å². The highest BCUT2D eigenvalue weighted by Gasteiger charge is 2.42. The molecule has 2 fully saturated rings. The van der Waals surface area contributed by atoms with Gasteiger partial charge in [-0.1, -0.05) is 41.4 Å². The lowest BCUT2D eigenvalue weighted by molar-refractivity contribution is 0.0739. The lowest BCUT2D eigenvalue weighted by Gasteiger charge is -2.27. The van der Waals surface area contributed by atoms with Crippen LogP contribution in [0.15, 0.2) is 73.1 Å². The van der Waals surface area contributed by atoms with Crippen molar-refractivity contribution < 1.29 is 23.8 Å². The molecule has 0 aliphatic carbocycles. The number of pyridine rings is 3. The van der Waals surface area contributed by atoms with Crippen LogP contribution in [0.25, 0.3) is 44.2 Å². The van der Waals surface area contributed by atoms with E-state index < -0.39 is 29.7 Å². The SMILES string of the molecule is COC(=O)N1C[C@@H](Oc2ccccn2)C[C@@H]1c1cc2c(-c3ccc(C(C)(C)O)nc3)nc3c(F)c(-c4cccc(Cl)c4Cl)c(CCC#N)cc3c2n1[C@H]1CCNC1. The van der Waals surface area contributed by atoms with Gasteiger partial charge in [-0.05, 0) is 75.2 Å². The molecule has 0 unspecified atom stereocenters. The number of aliphatic hydroxyl groups is 1. The van der Waals surface area contributed by atoms with Crippen molar-refractivity contribution in [1.82, 2.24) is 29.7 Å². The van der Waals surface area contributed by atoms with E-state index in [-0.39, 0.29) is 46.6 Å². The number of hydrogen-bond donors (Lipinski definition) is 2. The molecule has 6 heterocycles. The molecule has 57 heavy (non-hydrogen) atoms. The van der Waals surface area contributed by atoms with E-state index in [4.69, 9.17) is 37.7 Å². The first kappa shape index (κ1) is 38.5. The number of methoxy groups -OCH3 is 1. The van der Waals surface area contributed by atoms with Gasteiger partial charge in [0.1, 0.15) is 17.2 Å². The summed E-state index contributed by atoms with van der Waals surface area (Å²) in [6, 6.07) is 19.7. The van der Waals surface area contributed by atoms with Gasteiger partial charge < -0.3 is 24.5 Å². The molecule has 2 aromatic carbocycles. The third kappa shape index (κ3) is 7.14. The van der Waals surface area contributed by atoms with Crippen molar-refractivity contribution in [3.8, 4) is 34.3 Å². The smallest absolute Gasteiger partial charge is 0.410 e. The number of rotatable bonds is 9. The number of benzene rings is 2. The molecule has 4 aromatic heterocycles. The topological polar surface area (TPSA) is 138 Å². The number of likely N-dealkylation sites (tertiary alicyclic amines) is 1. The average Bonchev–Trinajstić information content (AvgIpc) is 3.97. The zero-order valence-corrected chi connectivity index (χ0v) is 33.1. The molecule has 1 amide bonds. The van der Waals surface area contributed by atoms with Crippen LogP contribution < -0.4 is 10.1 Å². The fourth-order valence-electron chi connectivity index (χ4n) is 8.23. The highest BCUT2D eigenvalue weighted by atomic mass is 35.5. The first-order chi connectivity index (χ1) is 27.5. The number of nitrogens with one attached hydrogen (secondary N) is 1. The van der Waals surface area contributed by atoms with Crippen molar-refractivity contribution >= 4 is 51.1 Å². The number of halogens is 3. The number of ether oxygens (including phenoxy) is 2. The molecule has 0 spiro atoms. The number of nitriles is 1.